The fourth-order valence-electron chi connectivity index (χ4n) is 4.43. The standard InChI is InChI=1S/C26H21ClN8O/c1-15(23-20-10-7-17(27)12-21(20)35(32-23)18-4-3-11-29-13-18)34-26-22(25(28)30-14-31-26)24(33-34)16-5-8-19(36-2)9-6-16/h3-15H,1-2H3,(H2,28,30,31). The zero-order valence-corrected chi connectivity index (χ0v) is 20.3. The van der Waals surface area contributed by atoms with E-state index in [-0.39, 0.29) is 6.04 Å². The Labute approximate surface area is 211 Å². The van der Waals surface area contributed by atoms with Crippen LogP contribution in [0, 0.1) is 0 Å². The molecule has 2 N–H and O–H groups in total. The van der Waals surface area contributed by atoms with E-state index in [0.717, 1.165) is 33.6 Å². The van der Waals surface area contributed by atoms with Crippen molar-refractivity contribution >= 4 is 39.4 Å². The molecular weight excluding hydrogens is 476 g/mol. The number of aromatic nitrogens is 7. The van der Waals surface area contributed by atoms with Gasteiger partial charge in [0.15, 0.2) is 5.65 Å². The Morgan fingerprint density at radius 3 is 2.61 bits per heavy atom. The Bertz CT molecular complexity index is 1710. The lowest BCUT2D eigenvalue weighted by atomic mass is 10.1. The van der Waals surface area contributed by atoms with Crippen LogP contribution in [-0.4, -0.2) is 41.6 Å². The van der Waals surface area contributed by atoms with Gasteiger partial charge in [-0.15, -0.1) is 0 Å². The van der Waals surface area contributed by atoms with E-state index < -0.39 is 0 Å². The summed E-state index contributed by atoms with van der Waals surface area (Å²) in [6, 6.07) is 16.9. The second-order valence-corrected chi connectivity index (χ2v) is 8.76. The predicted molar refractivity (Wildman–Crippen MR) is 139 cm³/mol. The number of nitrogens with two attached hydrogens (primary N) is 1. The van der Waals surface area contributed by atoms with Gasteiger partial charge >= 0.3 is 0 Å². The lowest BCUT2D eigenvalue weighted by Gasteiger charge is -2.11. The van der Waals surface area contributed by atoms with Gasteiger partial charge in [0, 0.05) is 22.2 Å². The maximum absolute atomic E-state index is 6.36. The Morgan fingerprint density at radius 2 is 1.86 bits per heavy atom. The molecule has 0 amide bonds. The summed E-state index contributed by atoms with van der Waals surface area (Å²) < 4.78 is 9.00. The number of halogens is 1. The molecule has 0 aliphatic heterocycles. The SMILES string of the molecule is COc1ccc(-c2nn(C(C)c3nn(-c4cccnc4)c4cc(Cl)ccc34)c3ncnc(N)c23)cc1. The smallest absolute Gasteiger partial charge is 0.164 e. The van der Waals surface area contributed by atoms with Gasteiger partial charge in [-0.25, -0.2) is 19.3 Å². The normalized spacial score (nSPS) is 12.3. The number of nitrogens with zero attached hydrogens (tertiary/aromatic N) is 7. The van der Waals surface area contributed by atoms with E-state index in [2.05, 4.69) is 15.0 Å². The predicted octanol–water partition coefficient (Wildman–Crippen LogP) is 5.08. The fourth-order valence-corrected chi connectivity index (χ4v) is 4.60. The molecule has 6 rings (SSSR count). The molecule has 4 aromatic heterocycles. The molecule has 0 saturated carbocycles. The minimum absolute atomic E-state index is 0.282. The minimum Gasteiger partial charge on any atom is -0.497 e. The van der Waals surface area contributed by atoms with Crippen molar-refractivity contribution in [3.63, 3.8) is 0 Å². The van der Waals surface area contributed by atoms with Gasteiger partial charge < -0.3 is 10.5 Å². The molecule has 0 aliphatic carbocycles. The first-order chi connectivity index (χ1) is 17.5. The number of hydrogen-bond donors (Lipinski definition) is 1. The van der Waals surface area contributed by atoms with Crippen LogP contribution in [-0.2, 0) is 0 Å². The Balaban J connectivity index is 1.56. The summed E-state index contributed by atoms with van der Waals surface area (Å²) in [7, 11) is 1.63. The summed E-state index contributed by atoms with van der Waals surface area (Å²) in [5, 5.41) is 12.2. The van der Waals surface area contributed by atoms with Gasteiger partial charge in [0.25, 0.3) is 0 Å². The summed E-state index contributed by atoms with van der Waals surface area (Å²) in [5.74, 6) is 1.12. The van der Waals surface area contributed by atoms with Crippen molar-refractivity contribution in [1.29, 1.82) is 0 Å². The molecule has 178 valence electrons. The number of benzene rings is 2. The van der Waals surface area contributed by atoms with Crippen LogP contribution < -0.4 is 10.5 Å². The third-order valence-electron chi connectivity index (χ3n) is 6.21. The van der Waals surface area contributed by atoms with E-state index >= 15 is 0 Å². The molecule has 0 spiro atoms. The van der Waals surface area contributed by atoms with Gasteiger partial charge in [0.2, 0.25) is 0 Å². The highest BCUT2D eigenvalue weighted by molar-refractivity contribution is 6.31. The number of rotatable bonds is 5. The number of nitrogen functional groups attached to an aromatic ring is 1. The number of ether oxygens (including phenoxy) is 1. The molecule has 36 heavy (non-hydrogen) atoms. The summed E-state index contributed by atoms with van der Waals surface area (Å²) >= 11 is 6.36. The first-order valence-corrected chi connectivity index (χ1v) is 11.6. The van der Waals surface area contributed by atoms with Gasteiger partial charge in [0.05, 0.1) is 41.6 Å². The summed E-state index contributed by atoms with van der Waals surface area (Å²) in [6.07, 6.45) is 4.94. The monoisotopic (exact) mass is 496 g/mol. The molecule has 4 heterocycles. The third-order valence-corrected chi connectivity index (χ3v) is 6.44. The average Bonchev–Trinajstić information content (AvgIpc) is 3.49. The largest absolute Gasteiger partial charge is 0.497 e. The maximum atomic E-state index is 6.36. The summed E-state index contributed by atoms with van der Waals surface area (Å²) in [5.41, 5.74) is 11.0. The highest BCUT2D eigenvalue weighted by Gasteiger charge is 2.25. The van der Waals surface area contributed by atoms with Crippen LogP contribution in [0.25, 0.3) is 38.9 Å². The molecule has 0 saturated heterocycles. The minimum atomic E-state index is -0.282. The van der Waals surface area contributed by atoms with Crippen molar-refractivity contribution < 1.29 is 4.74 Å². The van der Waals surface area contributed by atoms with Crippen molar-refractivity contribution in [2.45, 2.75) is 13.0 Å². The molecule has 2 aromatic carbocycles. The van der Waals surface area contributed by atoms with Crippen molar-refractivity contribution in [3.8, 4) is 22.7 Å². The topological polar surface area (TPSA) is 110 Å². The van der Waals surface area contributed by atoms with Gasteiger partial charge in [0.1, 0.15) is 23.6 Å². The lowest BCUT2D eigenvalue weighted by molar-refractivity contribution is 0.415. The average molecular weight is 497 g/mol. The van der Waals surface area contributed by atoms with Gasteiger partial charge in [-0.1, -0.05) is 11.6 Å². The number of pyridine rings is 1. The Morgan fingerprint density at radius 1 is 1.03 bits per heavy atom. The number of methoxy groups -OCH3 is 1. The number of hydrogen-bond acceptors (Lipinski definition) is 7. The second kappa shape index (κ2) is 8.62. The van der Waals surface area contributed by atoms with E-state index in [1.165, 1.54) is 6.33 Å². The number of anilines is 1. The molecule has 9 nitrogen and oxygen atoms in total. The van der Waals surface area contributed by atoms with E-state index in [1.807, 2.05) is 70.9 Å². The molecule has 1 unspecified atom stereocenters. The second-order valence-electron chi connectivity index (χ2n) is 8.32. The molecule has 10 heteroatoms. The van der Waals surface area contributed by atoms with Crippen LogP contribution in [0.2, 0.25) is 5.02 Å². The van der Waals surface area contributed by atoms with Crippen LogP contribution in [0.1, 0.15) is 18.7 Å². The van der Waals surface area contributed by atoms with E-state index in [1.54, 1.807) is 19.5 Å². The summed E-state index contributed by atoms with van der Waals surface area (Å²) in [6.45, 7) is 2.03. The molecule has 0 radical (unpaired) electrons. The maximum Gasteiger partial charge on any atom is 0.164 e. The number of fused-ring (bicyclic) bond motifs is 2. The zero-order valence-electron chi connectivity index (χ0n) is 19.5. The van der Waals surface area contributed by atoms with E-state index in [0.29, 0.717) is 27.6 Å². The molecule has 0 aliphatic rings. The van der Waals surface area contributed by atoms with Crippen LogP contribution in [0.4, 0.5) is 5.82 Å². The highest BCUT2D eigenvalue weighted by atomic mass is 35.5. The first kappa shape index (κ1) is 22.0. The Hall–Kier alpha value is -4.50. The molecule has 0 bridgehead atoms. The highest BCUT2D eigenvalue weighted by Crippen LogP contribution is 2.36. The first-order valence-electron chi connectivity index (χ1n) is 11.3. The van der Waals surface area contributed by atoms with Crippen molar-refractivity contribution in [2.24, 2.45) is 0 Å². The Kier molecular flexibility index (Phi) is 5.26. The van der Waals surface area contributed by atoms with Crippen molar-refractivity contribution in [1.82, 2.24) is 34.5 Å². The quantitative estimate of drug-likeness (QED) is 0.354. The molecular formula is C26H21ClN8O. The van der Waals surface area contributed by atoms with Crippen LogP contribution in [0.15, 0.2) is 73.3 Å². The van der Waals surface area contributed by atoms with Gasteiger partial charge in [-0.3, -0.25) is 4.98 Å². The molecule has 1 atom stereocenters. The van der Waals surface area contributed by atoms with Gasteiger partial charge in [-0.05, 0) is 61.5 Å². The van der Waals surface area contributed by atoms with Crippen LogP contribution >= 0.6 is 11.6 Å². The molecule has 6 aromatic rings. The molecule has 0 fully saturated rings. The van der Waals surface area contributed by atoms with Crippen molar-refractivity contribution in [2.75, 3.05) is 12.8 Å². The van der Waals surface area contributed by atoms with E-state index in [9.17, 15) is 0 Å². The zero-order chi connectivity index (χ0) is 24.8. The fraction of sp³-hybridized carbons (Fsp3) is 0.115. The third kappa shape index (κ3) is 3.52. The van der Waals surface area contributed by atoms with Crippen molar-refractivity contribution in [3.05, 3.63) is 84.0 Å². The lowest BCUT2D eigenvalue weighted by Crippen LogP contribution is -2.11. The van der Waals surface area contributed by atoms with Crippen LogP contribution in [0.5, 0.6) is 5.75 Å². The van der Waals surface area contributed by atoms with E-state index in [4.69, 9.17) is 32.3 Å². The van der Waals surface area contributed by atoms with Gasteiger partial charge in [-0.2, -0.15) is 10.2 Å². The summed E-state index contributed by atoms with van der Waals surface area (Å²) in [4.78, 5) is 13.0. The van der Waals surface area contributed by atoms with Crippen LogP contribution in [0.3, 0.4) is 0 Å².